The summed E-state index contributed by atoms with van der Waals surface area (Å²) in [5.74, 6) is 1.52. The second-order valence-corrected chi connectivity index (χ2v) is 18.1. The van der Waals surface area contributed by atoms with E-state index in [4.69, 9.17) is 18.9 Å². The van der Waals surface area contributed by atoms with E-state index in [0.717, 1.165) is 35.4 Å². The first-order valence-electron chi connectivity index (χ1n) is 23.0. The highest BCUT2D eigenvalue weighted by atomic mass is 32.2. The third-order valence-electron chi connectivity index (χ3n) is 11.7. The number of rotatable bonds is 19. The van der Waals surface area contributed by atoms with Gasteiger partial charge in [0.15, 0.2) is 5.75 Å². The number of hydrogen-bond acceptors (Lipinski definition) is 18. The molecular formula is C54H51N9O10S. The SMILES string of the molecule is CCCCOc1cc(N=Nc2cc(OC)c(N=Nc3cc(OC)c(N=Nc4ccc5cc(Nc6ccc(OC)cc6)ccc5c4O)cc3CO)cc2C)c(C)cc1N=Nc1cc2c(O)cccc2cc1S(=O)(=O)O. The van der Waals surface area contributed by atoms with Gasteiger partial charge in [0.05, 0.1) is 51.6 Å². The number of nitrogens with one attached hydrogen (secondary N) is 1. The van der Waals surface area contributed by atoms with Crippen molar-refractivity contribution in [3.8, 4) is 34.5 Å². The molecule has 8 aromatic rings. The van der Waals surface area contributed by atoms with Crippen LogP contribution >= 0.6 is 0 Å². The number of methoxy groups -OCH3 is 3. The van der Waals surface area contributed by atoms with E-state index in [1.165, 1.54) is 32.4 Å². The van der Waals surface area contributed by atoms with Gasteiger partial charge in [0.25, 0.3) is 10.1 Å². The van der Waals surface area contributed by atoms with Gasteiger partial charge in [-0.1, -0.05) is 31.5 Å². The van der Waals surface area contributed by atoms with Gasteiger partial charge in [-0.2, -0.15) is 18.6 Å². The Morgan fingerprint density at radius 3 is 1.74 bits per heavy atom. The predicted molar refractivity (Wildman–Crippen MR) is 282 cm³/mol. The molecule has 0 aromatic heterocycles. The largest absolute Gasteiger partial charge is 0.507 e. The summed E-state index contributed by atoms with van der Waals surface area (Å²) in [5.41, 5.74) is 5.56. The van der Waals surface area contributed by atoms with E-state index in [0.29, 0.717) is 73.7 Å². The van der Waals surface area contributed by atoms with Crippen LogP contribution in [0.5, 0.6) is 34.5 Å². The quantitative estimate of drug-likeness (QED) is 0.0289. The van der Waals surface area contributed by atoms with Gasteiger partial charge in [-0.3, -0.25) is 4.55 Å². The lowest BCUT2D eigenvalue weighted by atomic mass is 10.1. The highest BCUT2D eigenvalue weighted by Gasteiger charge is 2.20. The summed E-state index contributed by atoms with van der Waals surface area (Å²) in [6.07, 6.45) is 1.59. The number of phenols is 2. The number of nitrogens with zero attached hydrogens (tertiary/aromatic N) is 8. The van der Waals surface area contributed by atoms with Gasteiger partial charge in [0, 0.05) is 45.9 Å². The van der Waals surface area contributed by atoms with Crippen LogP contribution in [0.2, 0.25) is 0 Å². The number of phenolic OH excluding ortho intramolecular Hbond substituents is 2. The topological polar surface area (TPSA) is 263 Å². The Balaban J connectivity index is 1.02. The number of aromatic hydroxyl groups is 2. The van der Waals surface area contributed by atoms with Crippen LogP contribution in [0.25, 0.3) is 21.5 Å². The molecule has 0 bridgehead atoms. The maximum absolute atomic E-state index is 12.4. The maximum atomic E-state index is 12.4. The molecular weight excluding hydrogens is 967 g/mol. The minimum Gasteiger partial charge on any atom is -0.507 e. The van der Waals surface area contributed by atoms with E-state index in [9.17, 15) is 28.3 Å². The van der Waals surface area contributed by atoms with E-state index in [2.05, 4.69) is 46.2 Å². The number of aryl methyl sites for hydroxylation is 2. The van der Waals surface area contributed by atoms with Crippen molar-refractivity contribution >= 4 is 88.5 Å². The normalized spacial score (nSPS) is 12.0. The number of benzene rings is 8. The second-order valence-electron chi connectivity index (χ2n) is 16.7. The van der Waals surface area contributed by atoms with Crippen LogP contribution < -0.4 is 24.3 Å². The number of fused-ring (bicyclic) bond motifs is 2. The number of aliphatic hydroxyl groups excluding tert-OH is 1. The fraction of sp³-hybridized carbons (Fsp3) is 0.185. The average molecular weight is 1020 g/mol. The van der Waals surface area contributed by atoms with Crippen LogP contribution in [0.15, 0.2) is 167 Å². The van der Waals surface area contributed by atoms with E-state index in [1.807, 2.05) is 56.3 Å². The summed E-state index contributed by atoms with van der Waals surface area (Å²) in [5, 5.41) is 72.7. The monoisotopic (exact) mass is 1020 g/mol. The van der Waals surface area contributed by atoms with Crippen LogP contribution in [-0.4, -0.2) is 56.2 Å². The van der Waals surface area contributed by atoms with Gasteiger partial charge in [0.2, 0.25) is 0 Å². The number of hydrogen-bond donors (Lipinski definition) is 5. The summed E-state index contributed by atoms with van der Waals surface area (Å²) >= 11 is 0. The minimum atomic E-state index is -4.72. The van der Waals surface area contributed by atoms with Crippen molar-refractivity contribution in [1.82, 2.24) is 0 Å². The van der Waals surface area contributed by atoms with Crippen molar-refractivity contribution in [1.29, 1.82) is 0 Å². The van der Waals surface area contributed by atoms with Crippen molar-refractivity contribution in [2.24, 2.45) is 40.9 Å². The molecule has 0 heterocycles. The fourth-order valence-corrected chi connectivity index (χ4v) is 8.30. The molecule has 8 aromatic carbocycles. The molecule has 0 atom stereocenters. The average Bonchev–Trinajstić information content (AvgIpc) is 3.40. The van der Waals surface area contributed by atoms with Crippen LogP contribution in [0.4, 0.5) is 56.9 Å². The fourth-order valence-electron chi connectivity index (χ4n) is 7.66. The molecule has 0 aliphatic heterocycles. The summed E-state index contributed by atoms with van der Waals surface area (Å²) in [7, 11) is -0.157. The smallest absolute Gasteiger partial charge is 0.296 e. The molecule has 74 heavy (non-hydrogen) atoms. The Hall–Kier alpha value is -8.85. The van der Waals surface area contributed by atoms with Gasteiger partial charge < -0.3 is 39.6 Å². The van der Waals surface area contributed by atoms with Gasteiger partial charge in [-0.25, -0.2) is 0 Å². The zero-order valence-electron chi connectivity index (χ0n) is 41.1. The zero-order chi connectivity index (χ0) is 52.5. The molecule has 0 aliphatic carbocycles. The highest BCUT2D eigenvalue weighted by molar-refractivity contribution is 7.86. The molecule has 8 rings (SSSR count). The minimum absolute atomic E-state index is 0.0552. The summed E-state index contributed by atoms with van der Waals surface area (Å²) in [6.45, 7) is 5.56. The number of unbranched alkanes of at least 4 members (excludes halogenated alkanes) is 1. The van der Waals surface area contributed by atoms with Crippen molar-refractivity contribution in [3.05, 3.63) is 138 Å². The number of anilines is 2. The van der Waals surface area contributed by atoms with Gasteiger partial charge >= 0.3 is 0 Å². The lowest BCUT2D eigenvalue weighted by molar-refractivity contribution is 0.282. The first-order chi connectivity index (χ1) is 35.7. The number of ether oxygens (including phenoxy) is 4. The number of azo groups is 4. The molecule has 378 valence electrons. The van der Waals surface area contributed by atoms with Gasteiger partial charge in [-0.05, 0) is 127 Å². The molecule has 0 amide bonds. The molecule has 19 nitrogen and oxygen atoms in total. The molecule has 0 saturated heterocycles. The summed E-state index contributed by atoms with van der Waals surface area (Å²) < 4.78 is 57.5. The molecule has 0 aliphatic rings. The Labute approximate surface area is 426 Å². The summed E-state index contributed by atoms with van der Waals surface area (Å²) in [4.78, 5) is -0.478. The van der Waals surface area contributed by atoms with Crippen LogP contribution in [-0.2, 0) is 16.7 Å². The molecule has 0 radical (unpaired) electrons. The van der Waals surface area contributed by atoms with Gasteiger partial charge in [0.1, 0.15) is 62.1 Å². The zero-order valence-corrected chi connectivity index (χ0v) is 41.9. The van der Waals surface area contributed by atoms with Gasteiger partial charge in [-0.15, -0.1) is 30.7 Å². The summed E-state index contributed by atoms with van der Waals surface area (Å²) in [6, 6.07) is 33.6. The van der Waals surface area contributed by atoms with Crippen LogP contribution in [0.3, 0.4) is 0 Å². The standard InChI is InChI=1S/C54H51N9O10S/c1-7-8-20-73-52-28-43(32(3)22-46(52)61-63-48-26-40-33(10-9-11-49(40)65)25-53(48)74(67,68)69)58-57-42-27-50(71-5)45(21-31(42)2)60-59-44-29-51(72-6)47(24-35(44)30-64)62-56-41-19-12-34-23-37(15-18-39(34)54(41)66)55-36-13-16-38(70-4)17-14-36/h9-19,21-29,55,64-66H,7-8,20,30H2,1-6H3,(H,67,68,69). The maximum Gasteiger partial charge on any atom is 0.296 e. The Kier molecular flexibility index (Phi) is 15.8. The van der Waals surface area contributed by atoms with Crippen molar-refractivity contribution < 1.29 is 47.2 Å². The van der Waals surface area contributed by atoms with E-state index < -0.39 is 21.6 Å². The van der Waals surface area contributed by atoms with Crippen molar-refractivity contribution in [2.45, 2.75) is 45.1 Å². The Bertz CT molecular complexity index is 3640. The molecule has 5 N–H and O–H groups in total. The first-order valence-corrected chi connectivity index (χ1v) is 24.5. The lowest BCUT2D eigenvalue weighted by Gasteiger charge is -2.11. The third kappa shape index (κ3) is 11.7. The molecule has 0 fully saturated rings. The van der Waals surface area contributed by atoms with Crippen LogP contribution in [0, 0.1) is 13.8 Å². The lowest BCUT2D eigenvalue weighted by Crippen LogP contribution is -1.98. The van der Waals surface area contributed by atoms with Crippen molar-refractivity contribution in [2.75, 3.05) is 33.3 Å². The van der Waals surface area contributed by atoms with E-state index in [1.54, 1.807) is 74.7 Å². The molecule has 0 spiro atoms. The molecule has 0 unspecified atom stereocenters. The number of aliphatic hydroxyl groups is 1. The Morgan fingerprint density at radius 2 is 1.11 bits per heavy atom. The predicted octanol–water partition coefficient (Wildman–Crippen LogP) is 15.4. The second kappa shape index (κ2) is 22.7. The van der Waals surface area contributed by atoms with E-state index >= 15 is 0 Å². The molecule has 20 heteroatoms. The van der Waals surface area contributed by atoms with Crippen LogP contribution in [0.1, 0.15) is 36.5 Å². The highest BCUT2D eigenvalue weighted by Crippen LogP contribution is 2.44. The van der Waals surface area contributed by atoms with Crippen molar-refractivity contribution in [3.63, 3.8) is 0 Å². The Morgan fingerprint density at radius 1 is 0.541 bits per heavy atom. The van der Waals surface area contributed by atoms with E-state index in [-0.39, 0.29) is 40.0 Å². The molecule has 0 saturated carbocycles. The third-order valence-corrected chi connectivity index (χ3v) is 12.6. The first kappa shape index (κ1) is 51.5.